The number of hydrogen-bond donors (Lipinski definition) is 3. The highest BCUT2D eigenvalue weighted by Gasteiger charge is 2.45. The van der Waals surface area contributed by atoms with Gasteiger partial charge in [-0.1, -0.05) is 0 Å². The van der Waals surface area contributed by atoms with Crippen molar-refractivity contribution in [1.29, 1.82) is 0 Å². The summed E-state index contributed by atoms with van der Waals surface area (Å²) in [5.74, 6) is 0. The van der Waals surface area contributed by atoms with Crippen LogP contribution in [0.4, 0.5) is 26.3 Å². The van der Waals surface area contributed by atoms with Crippen LogP contribution < -0.4 is 0 Å². The summed E-state index contributed by atoms with van der Waals surface area (Å²) >= 11 is 0. The zero-order valence-electron chi connectivity index (χ0n) is 8.06. The summed E-state index contributed by atoms with van der Waals surface area (Å²) in [6.07, 6.45) is 0. The van der Waals surface area contributed by atoms with Gasteiger partial charge in [-0.2, -0.15) is 43.2 Å². The molecule has 18 heavy (non-hydrogen) atoms. The molecule has 0 heterocycles. The Morgan fingerprint density at radius 3 is 0.722 bits per heavy atom. The monoisotopic (exact) mass is 332 g/mol. The van der Waals surface area contributed by atoms with Crippen LogP contribution >= 0.6 is 0 Å². The Morgan fingerprint density at radius 1 is 0.667 bits per heavy atom. The zero-order valence-corrected chi connectivity index (χ0v) is 9.69. The number of rotatable bonds is 0. The van der Waals surface area contributed by atoms with E-state index < -0.39 is 31.3 Å². The molecule has 0 fully saturated rings. The smallest absolute Gasteiger partial charge is 0.400 e. The molecule has 7 nitrogen and oxygen atoms in total. The lowest BCUT2D eigenvalue weighted by Crippen LogP contribution is -2.21. The van der Waals surface area contributed by atoms with E-state index >= 15 is 0 Å². The van der Waals surface area contributed by atoms with Gasteiger partial charge in [-0.3, -0.25) is 9.11 Å². The maximum Gasteiger partial charge on any atom is 0.522 e. The number of halogens is 6. The first-order valence-corrected chi connectivity index (χ1v) is 5.90. The summed E-state index contributed by atoms with van der Waals surface area (Å²) in [5.41, 5.74) is -11.1. The van der Waals surface area contributed by atoms with Crippen molar-refractivity contribution in [2.45, 2.75) is 11.0 Å². The first-order valence-electron chi connectivity index (χ1n) is 3.02. The molecule has 0 aromatic carbocycles. The van der Waals surface area contributed by atoms with Gasteiger partial charge >= 0.3 is 31.3 Å². The summed E-state index contributed by atoms with van der Waals surface area (Å²) in [7, 11) is -10.7. The van der Waals surface area contributed by atoms with Crippen molar-refractivity contribution >= 4 is 20.2 Å². The molecule has 114 valence electrons. The quantitative estimate of drug-likeness (QED) is 0.332. The maximum atomic E-state index is 10.7. The van der Waals surface area contributed by atoms with E-state index in [1.165, 1.54) is 0 Å². The molecule has 0 saturated carbocycles. The Hall–Kier alpha value is -0.640. The largest absolute Gasteiger partial charge is 0.522 e. The fourth-order valence-electron chi connectivity index (χ4n) is 0. The SMILES string of the molecule is CO.O=S(=O)(O)C(F)(F)F.O=S(=O)(O)C(F)(F)F. The van der Waals surface area contributed by atoms with Crippen molar-refractivity contribution in [3.8, 4) is 0 Å². The highest BCUT2D eigenvalue weighted by molar-refractivity contribution is 7.86. The van der Waals surface area contributed by atoms with Crippen LogP contribution in [0.5, 0.6) is 0 Å². The van der Waals surface area contributed by atoms with E-state index in [1.54, 1.807) is 0 Å². The van der Waals surface area contributed by atoms with Gasteiger partial charge in [0.2, 0.25) is 0 Å². The van der Waals surface area contributed by atoms with Gasteiger partial charge in [0.05, 0.1) is 0 Å². The minimum Gasteiger partial charge on any atom is -0.400 e. The summed E-state index contributed by atoms with van der Waals surface area (Å²) < 4.78 is 115. The lowest BCUT2D eigenvalue weighted by molar-refractivity contribution is -0.0514. The Morgan fingerprint density at radius 2 is 0.722 bits per heavy atom. The van der Waals surface area contributed by atoms with Gasteiger partial charge < -0.3 is 5.11 Å². The Labute approximate surface area is 96.5 Å². The summed E-state index contributed by atoms with van der Waals surface area (Å²) in [6.45, 7) is 0. The third-order valence-corrected chi connectivity index (χ3v) is 1.75. The fourth-order valence-corrected chi connectivity index (χ4v) is 0. The van der Waals surface area contributed by atoms with E-state index in [0.717, 1.165) is 7.11 Å². The third-order valence-electron chi connectivity index (χ3n) is 0.585. The van der Waals surface area contributed by atoms with Crippen LogP contribution in [0.2, 0.25) is 0 Å². The fraction of sp³-hybridized carbons (Fsp3) is 1.00. The van der Waals surface area contributed by atoms with Crippen molar-refractivity contribution in [3.05, 3.63) is 0 Å². The molecule has 0 unspecified atom stereocenters. The van der Waals surface area contributed by atoms with Gasteiger partial charge in [0.25, 0.3) is 0 Å². The number of hydrogen-bond acceptors (Lipinski definition) is 5. The van der Waals surface area contributed by atoms with Gasteiger partial charge in [-0.25, -0.2) is 0 Å². The second kappa shape index (κ2) is 7.07. The molecule has 15 heteroatoms. The van der Waals surface area contributed by atoms with Crippen LogP contribution in [-0.2, 0) is 20.2 Å². The Balaban J connectivity index is -0.000000219. The molecule has 0 aromatic rings. The van der Waals surface area contributed by atoms with Crippen molar-refractivity contribution in [3.63, 3.8) is 0 Å². The number of aliphatic hydroxyl groups excluding tert-OH is 1. The normalized spacial score (nSPS) is 12.8. The number of alkyl halides is 6. The molecular formula is C3H6F6O7S2. The Bertz CT molecular complexity index is 373. The summed E-state index contributed by atoms with van der Waals surface area (Å²) in [5, 5.41) is 7.00. The predicted molar refractivity (Wildman–Crippen MR) is 43.4 cm³/mol. The van der Waals surface area contributed by atoms with Crippen LogP contribution in [0.25, 0.3) is 0 Å². The molecule has 0 radical (unpaired) electrons. The van der Waals surface area contributed by atoms with Gasteiger partial charge in [0, 0.05) is 7.11 Å². The van der Waals surface area contributed by atoms with E-state index in [4.69, 9.17) is 31.0 Å². The minimum atomic E-state index is -5.84. The Kier molecular flexibility index (Phi) is 8.85. The first kappa shape index (κ1) is 22.5. The van der Waals surface area contributed by atoms with Crippen molar-refractivity contribution < 1.29 is 57.4 Å². The average molecular weight is 332 g/mol. The van der Waals surface area contributed by atoms with Crippen LogP contribution in [0, 0.1) is 0 Å². The maximum absolute atomic E-state index is 10.7. The van der Waals surface area contributed by atoms with Gasteiger partial charge in [-0.15, -0.1) is 0 Å². The molecule has 0 atom stereocenters. The number of aliphatic hydroxyl groups is 1. The highest BCUT2D eigenvalue weighted by atomic mass is 32.2. The molecule has 0 saturated heterocycles. The topological polar surface area (TPSA) is 129 Å². The van der Waals surface area contributed by atoms with E-state index in [2.05, 4.69) is 0 Å². The molecule has 0 rings (SSSR count). The molecule has 0 aromatic heterocycles. The molecule has 0 aliphatic carbocycles. The lowest BCUT2D eigenvalue weighted by Gasteiger charge is -1.97. The molecule has 0 spiro atoms. The molecule has 0 aliphatic heterocycles. The zero-order chi connectivity index (χ0) is 16.0. The molecule has 0 amide bonds. The summed E-state index contributed by atoms with van der Waals surface area (Å²) in [6, 6.07) is 0. The lowest BCUT2D eigenvalue weighted by atomic mass is 11.6. The predicted octanol–water partition coefficient (Wildman–Crippen LogP) is 0.397. The third kappa shape index (κ3) is 10.5. The second-order valence-electron chi connectivity index (χ2n) is 1.84. The van der Waals surface area contributed by atoms with E-state index in [1.807, 2.05) is 0 Å². The highest BCUT2D eigenvalue weighted by Crippen LogP contribution is 2.21. The van der Waals surface area contributed by atoms with Crippen LogP contribution in [0.15, 0.2) is 0 Å². The van der Waals surface area contributed by atoms with E-state index in [0.29, 0.717) is 0 Å². The summed E-state index contributed by atoms with van der Waals surface area (Å²) in [4.78, 5) is 0. The molecule has 0 bridgehead atoms. The van der Waals surface area contributed by atoms with Gasteiger partial charge in [0.1, 0.15) is 0 Å². The van der Waals surface area contributed by atoms with Crippen molar-refractivity contribution in [1.82, 2.24) is 0 Å². The van der Waals surface area contributed by atoms with Gasteiger partial charge in [0.15, 0.2) is 0 Å². The van der Waals surface area contributed by atoms with Crippen molar-refractivity contribution in [2.75, 3.05) is 7.11 Å². The molecular weight excluding hydrogens is 326 g/mol. The molecule has 3 N–H and O–H groups in total. The second-order valence-corrected chi connectivity index (χ2v) is 4.67. The van der Waals surface area contributed by atoms with Crippen LogP contribution in [0.3, 0.4) is 0 Å². The van der Waals surface area contributed by atoms with E-state index in [-0.39, 0.29) is 0 Å². The average Bonchev–Trinajstić information content (AvgIpc) is 2.01. The van der Waals surface area contributed by atoms with Crippen LogP contribution in [-0.4, -0.2) is 49.2 Å². The minimum absolute atomic E-state index is 1.00. The van der Waals surface area contributed by atoms with E-state index in [9.17, 15) is 26.3 Å². The first-order chi connectivity index (χ1) is 7.50. The standard InChI is InChI=1S/2CHF3O3S.CH4O/c2*2-1(3,4)8(5,6)7;1-2/h2*(H,5,6,7);2H,1H3. The van der Waals surface area contributed by atoms with Crippen LogP contribution in [0.1, 0.15) is 0 Å². The molecule has 0 aliphatic rings. The van der Waals surface area contributed by atoms with Crippen molar-refractivity contribution in [2.24, 2.45) is 0 Å². The van der Waals surface area contributed by atoms with Gasteiger partial charge in [-0.05, 0) is 0 Å².